The predicted octanol–water partition coefficient (Wildman–Crippen LogP) is 3.83. The third-order valence-corrected chi connectivity index (χ3v) is 5.55. The summed E-state index contributed by atoms with van der Waals surface area (Å²) in [5, 5.41) is 11.9. The van der Waals surface area contributed by atoms with E-state index in [1.807, 2.05) is 42.6 Å². The molecule has 0 amide bonds. The molecule has 0 fully saturated rings. The maximum absolute atomic E-state index is 12.5. The molecule has 0 saturated heterocycles. The second-order valence-electron chi connectivity index (χ2n) is 4.29. The Labute approximate surface area is 119 Å². The molecular weight excluding hydrogens is 276 g/mol. The quantitative estimate of drug-likeness (QED) is 0.850. The standard InChI is InChI=1S/C15H16O2S2/c1-3-4-14(16)13-9-10-18-15(13)19(17)12-7-5-11(2)6-8-12/h3,5-10,14,16H,1,4H2,2H3/t14-,19+/m1/s1. The summed E-state index contributed by atoms with van der Waals surface area (Å²) in [6.45, 7) is 5.62. The molecule has 0 aliphatic heterocycles. The van der Waals surface area contributed by atoms with Crippen molar-refractivity contribution < 1.29 is 9.32 Å². The van der Waals surface area contributed by atoms with Crippen molar-refractivity contribution in [2.75, 3.05) is 0 Å². The largest absolute Gasteiger partial charge is 0.388 e. The summed E-state index contributed by atoms with van der Waals surface area (Å²) in [5.41, 5.74) is 1.88. The monoisotopic (exact) mass is 292 g/mol. The van der Waals surface area contributed by atoms with Crippen LogP contribution >= 0.6 is 11.3 Å². The molecule has 0 spiro atoms. The van der Waals surface area contributed by atoms with Gasteiger partial charge in [-0.2, -0.15) is 0 Å². The zero-order valence-electron chi connectivity index (χ0n) is 10.7. The van der Waals surface area contributed by atoms with E-state index in [0.29, 0.717) is 6.42 Å². The SMILES string of the molecule is C=CC[C@@H](O)c1ccsc1[S@@](=O)c1ccc(C)cc1. The van der Waals surface area contributed by atoms with Crippen LogP contribution in [0.1, 0.15) is 23.7 Å². The van der Waals surface area contributed by atoms with E-state index in [-0.39, 0.29) is 0 Å². The van der Waals surface area contributed by atoms with Gasteiger partial charge in [-0.1, -0.05) is 23.8 Å². The lowest BCUT2D eigenvalue weighted by atomic mass is 10.1. The molecular formula is C15H16O2S2. The first-order chi connectivity index (χ1) is 9.13. The molecule has 1 aromatic heterocycles. The van der Waals surface area contributed by atoms with Crippen LogP contribution < -0.4 is 0 Å². The number of aryl methyl sites for hydroxylation is 1. The van der Waals surface area contributed by atoms with Gasteiger partial charge in [-0.25, -0.2) is 4.21 Å². The summed E-state index contributed by atoms with van der Waals surface area (Å²) < 4.78 is 13.3. The van der Waals surface area contributed by atoms with E-state index in [4.69, 9.17) is 0 Å². The lowest BCUT2D eigenvalue weighted by molar-refractivity contribution is 0.179. The number of benzene rings is 1. The van der Waals surface area contributed by atoms with E-state index in [1.54, 1.807) is 6.08 Å². The van der Waals surface area contributed by atoms with Crippen molar-refractivity contribution in [2.24, 2.45) is 0 Å². The second-order valence-corrected chi connectivity index (χ2v) is 6.88. The summed E-state index contributed by atoms with van der Waals surface area (Å²) in [6.07, 6.45) is 1.50. The molecule has 0 radical (unpaired) electrons. The Morgan fingerprint density at radius 3 is 2.68 bits per heavy atom. The van der Waals surface area contributed by atoms with Gasteiger partial charge >= 0.3 is 0 Å². The third-order valence-electron chi connectivity index (χ3n) is 2.81. The number of aliphatic hydroxyl groups is 1. The van der Waals surface area contributed by atoms with Crippen molar-refractivity contribution in [3.05, 3.63) is 59.5 Å². The summed E-state index contributed by atoms with van der Waals surface area (Å²) in [5.74, 6) is 0. The molecule has 0 saturated carbocycles. The van der Waals surface area contributed by atoms with Crippen molar-refractivity contribution in [1.82, 2.24) is 0 Å². The topological polar surface area (TPSA) is 37.3 Å². The molecule has 2 atom stereocenters. The summed E-state index contributed by atoms with van der Waals surface area (Å²) in [4.78, 5) is 0.764. The van der Waals surface area contributed by atoms with Gasteiger partial charge in [0.2, 0.25) is 0 Å². The third kappa shape index (κ3) is 3.21. The molecule has 19 heavy (non-hydrogen) atoms. The van der Waals surface area contributed by atoms with Crippen molar-refractivity contribution in [3.8, 4) is 0 Å². The van der Waals surface area contributed by atoms with E-state index in [1.165, 1.54) is 11.3 Å². The van der Waals surface area contributed by atoms with E-state index in [2.05, 4.69) is 6.58 Å². The Morgan fingerprint density at radius 2 is 2.05 bits per heavy atom. The van der Waals surface area contributed by atoms with Crippen LogP contribution in [-0.2, 0) is 10.8 Å². The van der Waals surface area contributed by atoms with Crippen LogP contribution in [0.15, 0.2) is 57.5 Å². The zero-order valence-corrected chi connectivity index (χ0v) is 12.3. The summed E-state index contributed by atoms with van der Waals surface area (Å²) in [7, 11) is -1.24. The normalized spacial score (nSPS) is 14.0. The molecule has 2 rings (SSSR count). The highest BCUT2D eigenvalue weighted by molar-refractivity contribution is 7.87. The van der Waals surface area contributed by atoms with E-state index in [9.17, 15) is 9.32 Å². The number of hydrogen-bond donors (Lipinski definition) is 1. The lowest BCUT2D eigenvalue weighted by Crippen LogP contribution is -2.00. The Morgan fingerprint density at radius 1 is 1.37 bits per heavy atom. The van der Waals surface area contributed by atoms with Crippen LogP contribution in [0.3, 0.4) is 0 Å². The molecule has 2 aromatic rings. The van der Waals surface area contributed by atoms with Gasteiger partial charge in [0.05, 0.1) is 16.9 Å². The maximum atomic E-state index is 12.5. The van der Waals surface area contributed by atoms with Crippen LogP contribution in [0.25, 0.3) is 0 Å². The van der Waals surface area contributed by atoms with Gasteiger partial charge in [0, 0.05) is 10.5 Å². The minimum absolute atomic E-state index is 0.467. The Kier molecular flexibility index (Phi) is 4.69. The van der Waals surface area contributed by atoms with Crippen molar-refractivity contribution in [3.63, 3.8) is 0 Å². The molecule has 0 unspecified atom stereocenters. The van der Waals surface area contributed by atoms with Gasteiger partial charge < -0.3 is 5.11 Å². The molecule has 4 heteroatoms. The fourth-order valence-corrected chi connectivity index (χ4v) is 4.26. The van der Waals surface area contributed by atoms with Gasteiger partial charge in [0.1, 0.15) is 4.21 Å². The van der Waals surface area contributed by atoms with Crippen LogP contribution in [0.2, 0.25) is 0 Å². The molecule has 2 nitrogen and oxygen atoms in total. The number of rotatable bonds is 5. The number of hydrogen-bond acceptors (Lipinski definition) is 3. The van der Waals surface area contributed by atoms with Crippen LogP contribution in [0, 0.1) is 6.92 Å². The highest BCUT2D eigenvalue weighted by Crippen LogP contribution is 2.31. The second kappa shape index (κ2) is 6.28. The lowest BCUT2D eigenvalue weighted by Gasteiger charge is -2.09. The Bertz CT molecular complexity index is 584. The molecule has 0 aliphatic rings. The molecule has 1 heterocycles. The zero-order chi connectivity index (χ0) is 13.8. The van der Waals surface area contributed by atoms with Crippen molar-refractivity contribution in [2.45, 2.75) is 28.6 Å². The van der Waals surface area contributed by atoms with E-state index < -0.39 is 16.9 Å². The average Bonchev–Trinajstić information content (AvgIpc) is 2.88. The first-order valence-electron chi connectivity index (χ1n) is 5.98. The van der Waals surface area contributed by atoms with Crippen molar-refractivity contribution in [1.29, 1.82) is 0 Å². The van der Waals surface area contributed by atoms with Crippen molar-refractivity contribution >= 4 is 22.1 Å². The summed E-state index contributed by atoms with van der Waals surface area (Å²) >= 11 is 1.42. The molecule has 0 bridgehead atoms. The Balaban J connectivity index is 2.32. The smallest absolute Gasteiger partial charge is 0.102 e. The highest BCUT2D eigenvalue weighted by atomic mass is 32.2. The van der Waals surface area contributed by atoms with Gasteiger partial charge in [-0.3, -0.25) is 0 Å². The van der Waals surface area contributed by atoms with Crippen LogP contribution in [0.5, 0.6) is 0 Å². The first kappa shape index (κ1) is 14.2. The molecule has 0 aliphatic carbocycles. The molecule has 1 N–H and O–H groups in total. The Hall–Kier alpha value is -1.23. The van der Waals surface area contributed by atoms with E-state index >= 15 is 0 Å². The minimum Gasteiger partial charge on any atom is -0.388 e. The van der Waals surface area contributed by atoms with Crippen LogP contribution in [-0.4, -0.2) is 9.32 Å². The van der Waals surface area contributed by atoms with Gasteiger partial charge in [0.15, 0.2) is 0 Å². The fourth-order valence-electron chi connectivity index (χ4n) is 1.76. The fraction of sp³-hybridized carbons (Fsp3) is 0.200. The average molecular weight is 292 g/mol. The van der Waals surface area contributed by atoms with Gasteiger partial charge in [-0.05, 0) is 36.9 Å². The van der Waals surface area contributed by atoms with E-state index in [0.717, 1.165) is 20.2 Å². The van der Waals surface area contributed by atoms with Gasteiger partial charge in [0.25, 0.3) is 0 Å². The maximum Gasteiger partial charge on any atom is 0.102 e. The van der Waals surface area contributed by atoms with Gasteiger partial charge in [-0.15, -0.1) is 17.9 Å². The first-order valence-corrected chi connectivity index (χ1v) is 8.01. The summed E-state index contributed by atoms with van der Waals surface area (Å²) in [6, 6.07) is 9.46. The van der Waals surface area contributed by atoms with Crippen LogP contribution in [0.4, 0.5) is 0 Å². The number of aliphatic hydroxyl groups excluding tert-OH is 1. The predicted molar refractivity (Wildman–Crippen MR) is 79.9 cm³/mol. The number of thiophene rings is 1. The minimum atomic E-state index is -1.24. The molecule has 100 valence electrons. The highest BCUT2D eigenvalue weighted by Gasteiger charge is 2.18. The molecule has 1 aromatic carbocycles.